The average molecular weight is 314 g/mol. The second-order valence-electron chi connectivity index (χ2n) is 5.59. The van der Waals surface area contributed by atoms with Crippen molar-refractivity contribution in [3.63, 3.8) is 0 Å². The van der Waals surface area contributed by atoms with E-state index in [9.17, 15) is 4.79 Å². The summed E-state index contributed by atoms with van der Waals surface area (Å²) in [5, 5.41) is 8.91. The third-order valence-electron chi connectivity index (χ3n) is 4.07. The summed E-state index contributed by atoms with van der Waals surface area (Å²) in [6, 6.07) is 7.11. The number of carbonyl (C=O) groups is 1. The molecule has 0 spiro atoms. The van der Waals surface area contributed by atoms with Crippen LogP contribution in [0.25, 0.3) is 0 Å². The molecule has 1 saturated heterocycles. The molecule has 6 nitrogen and oxygen atoms in total. The Bertz CT molecular complexity index is 753. The average Bonchev–Trinajstić information content (AvgIpc) is 3.25. The van der Waals surface area contributed by atoms with Gasteiger partial charge < -0.3 is 18.5 Å². The lowest BCUT2D eigenvalue weighted by atomic mass is 10.1. The van der Waals surface area contributed by atoms with Crippen molar-refractivity contribution in [2.75, 3.05) is 13.7 Å². The second-order valence-corrected chi connectivity index (χ2v) is 5.59. The fourth-order valence-electron chi connectivity index (χ4n) is 3.00. The van der Waals surface area contributed by atoms with Crippen LogP contribution in [0.5, 0.6) is 0 Å². The zero-order valence-electron chi connectivity index (χ0n) is 13.2. The van der Waals surface area contributed by atoms with Gasteiger partial charge in [0, 0.05) is 19.7 Å². The van der Waals surface area contributed by atoms with Crippen molar-refractivity contribution in [2.45, 2.75) is 32.4 Å². The standard InChI is InChI=1S/C17H18N2O4/c1-11-14(8-13(9-18)22-11)17(20)19-7-3-4-15(19)16-6-5-12(23-16)10-21-2/h5-6,8,15H,3-4,7,10H2,1-2H3. The highest BCUT2D eigenvalue weighted by molar-refractivity contribution is 5.95. The highest BCUT2D eigenvalue weighted by atomic mass is 16.5. The highest BCUT2D eigenvalue weighted by Crippen LogP contribution is 2.35. The molecule has 120 valence electrons. The van der Waals surface area contributed by atoms with E-state index in [0.717, 1.165) is 24.4 Å². The number of rotatable bonds is 4. The van der Waals surface area contributed by atoms with Gasteiger partial charge in [0.25, 0.3) is 5.91 Å². The molecule has 1 fully saturated rings. The number of hydrogen-bond acceptors (Lipinski definition) is 5. The van der Waals surface area contributed by atoms with E-state index >= 15 is 0 Å². The lowest BCUT2D eigenvalue weighted by Gasteiger charge is -2.22. The summed E-state index contributed by atoms with van der Waals surface area (Å²) >= 11 is 0. The first-order valence-electron chi connectivity index (χ1n) is 7.53. The van der Waals surface area contributed by atoms with Crippen LogP contribution < -0.4 is 0 Å². The fraction of sp³-hybridized carbons (Fsp3) is 0.412. The Morgan fingerprint density at radius 1 is 1.48 bits per heavy atom. The Kier molecular flexibility index (Phi) is 4.22. The Labute approximate surface area is 134 Å². The number of furan rings is 2. The third kappa shape index (κ3) is 2.88. The molecule has 0 saturated carbocycles. The van der Waals surface area contributed by atoms with Crippen molar-refractivity contribution in [2.24, 2.45) is 0 Å². The molecule has 1 aliphatic rings. The number of amides is 1. The molecule has 3 rings (SSSR count). The predicted octanol–water partition coefficient (Wildman–Crippen LogP) is 3.18. The summed E-state index contributed by atoms with van der Waals surface area (Å²) in [7, 11) is 1.61. The van der Waals surface area contributed by atoms with Crippen LogP contribution >= 0.6 is 0 Å². The van der Waals surface area contributed by atoms with E-state index in [-0.39, 0.29) is 17.7 Å². The zero-order valence-corrected chi connectivity index (χ0v) is 13.2. The molecular weight excluding hydrogens is 296 g/mol. The van der Waals surface area contributed by atoms with Gasteiger partial charge in [-0.05, 0) is 31.9 Å². The molecule has 2 aromatic heterocycles. The van der Waals surface area contributed by atoms with Gasteiger partial charge in [-0.25, -0.2) is 0 Å². The molecule has 23 heavy (non-hydrogen) atoms. The molecule has 1 aliphatic heterocycles. The van der Waals surface area contributed by atoms with Crippen LogP contribution in [0.1, 0.15) is 52.3 Å². The summed E-state index contributed by atoms with van der Waals surface area (Å²) in [6.07, 6.45) is 1.77. The minimum absolute atomic E-state index is 0.0899. The Balaban J connectivity index is 1.84. The quantitative estimate of drug-likeness (QED) is 0.866. The van der Waals surface area contributed by atoms with Crippen LogP contribution in [0.3, 0.4) is 0 Å². The number of likely N-dealkylation sites (tertiary alicyclic amines) is 1. The maximum atomic E-state index is 12.8. The van der Waals surface area contributed by atoms with Gasteiger partial charge in [0.05, 0.1) is 11.6 Å². The number of ether oxygens (including phenoxy) is 1. The molecule has 0 aliphatic carbocycles. The molecule has 1 unspecified atom stereocenters. The number of carbonyl (C=O) groups excluding carboxylic acids is 1. The van der Waals surface area contributed by atoms with Crippen LogP contribution in [0.2, 0.25) is 0 Å². The molecule has 1 amide bonds. The first kappa shape index (κ1) is 15.4. The number of methoxy groups -OCH3 is 1. The number of hydrogen-bond donors (Lipinski definition) is 0. The van der Waals surface area contributed by atoms with E-state index in [1.165, 1.54) is 6.07 Å². The van der Waals surface area contributed by atoms with Gasteiger partial charge in [-0.2, -0.15) is 5.26 Å². The van der Waals surface area contributed by atoms with Gasteiger partial charge in [-0.1, -0.05) is 0 Å². The van der Waals surface area contributed by atoms with Gasteiger partial charge >= 0.3 is 0 Å². The molecule has 0 N–H and O–H groups in total. The number of aryl methyl sites for hydroxylation is 1. The van der Waals surface area contributed by atoms with Gasteiger partial charge in [-0.15, -0.1) is 0 Å². The lowest BCUT2D eigenvalue weighted by molar-refractivity contribution is 0.0714. The van der Waals surface area contributed by atoms with E-state index < -0.39 is 0 Å². The first-order chi connectivity index (χ1) is 11.1. The summed E-state index contributed by atoms with van der Waals surface area (Å²) in [5.41, 5.74) is 0.442. The van der Waals surface area contributed by atoms with Crippen molar-refractivity contribution in [3.8, 4) is 6.07 Å². The van der Waals surface area contributed by atoms with Crippen molar-refractivity contribution in [1.82, 2.24) is 4.90 Å². The van der Waals surface area contributed by atoms with E-state index in [2.05, 4.69) is 0 Å². The molecular formula is C17H18N2O4. The first-order valence-corrected chi connectivity index (χ1v) is 7.53. The Morgan fingerprint density at radius 2 is 2.30 bits per heavy atom. The zero-order chi connectivity index (χ0) is 16.4. The van der Waals surface area contributed by atoms with Gasteiger partial charge in [0.15, 0.2) is 0 Å². The highest BCUT2D eigenvalue weighted by Gasteiger charge is 2.34. The van der Waals surface area contributed by atoms with Crippen LogP contribution in [-0.2, 0) is 11.3 Å². The summed E-state index contributed by atoms with van der Waals surface area (Å²) in [6.45, 7) is 2.77. The monoisotopic (exact) mass is 314 g/mol. The molecule has 0 aromatic carbocycles. The maximum absolute atomic E-state index is 12.8. The van der Waals surface area contributed by atoms with Crippen molar-refractivity contribution >= 4 is 5.91 Å². The smallest absolute Gasteiger partial charge is 0.258 e. The van der Waals surface area contributed by atoms with Crippen molar-refractivity contribution < 1.29 is 18.4 Å². The summed E-state index contributed by atoms with van der Waals surface area (Å²) in [5.74, 6) is 2.01. The lowest BCUT2D eigenvalue weighted by Crippen LogP contribution is -2.30. The molecule has 6 heteroatoms. The largest absolute Gasteiger partial charge is 0.461 e. The van der Waals surface area contributed by atoms with E-state index in [1.54, 1.807) is 18.9 Å². The fourth-order valence-corrected chi connectivity index (χ4v) is 3.00. The number of nitrogens with zero attached hydrogens (tertiary/aromatic N) is 2. The van der Waals surface area contributed by atoms with Crippen LogP contribution in [0.4, 0.5) is 0 Å². The maximum Gasteiger partial charge on any atom is 0.258 e. The Hall–Kier alpha value is -2.52. The third-order valence-corrected chi connectivity index (χ3v) is 4.07. The van der Waals surface area contributed by atoms with E-state index in [4.69, 9.17) is 18.8 Å². The molecule has 0 radical (unpaired) electrons. The minimum Gasteiger partial charge on any atom is -0.461 e. The molecule has 0 bridgehead atoms. The second kappa shape index (κ2) is 6.31. The topological polar surface area (TPSA) is 79.6 Å². The van der Waals surface area contributed by atoms with Crippen LogP contribution in [0.15, 0.2) is 27.0 Å². The van der Waals surface area contributed by atoms with Crippen LogP contribution in [0, 0.1) is 18.3 Å². The minimum atomic E-state index is -0.125. The van der Waals surface area contributed by atoms with E-state index in [0.29, 0.717) is 24.5 Å². The van der Waals surface area contributed by atoms with Gasteiger partial charge in [0.2, 0.25) is 5.76 Å². The number of nitriles is 1. The van der Waals surface area contributed by atoms with Gasteiger partial charge in [0.1, 0.15) is 30.0 Å². The summed E-state index contributed by atoms with van der Waals surface area (Å²) in [4.78, 5) is 14.6. The SMILES string of the molecule is COCc1ccc(C2CCCN2C(=O)c2cc(C#N)oc2C)o1. The Morgan fingerprint density at radius 3 is 3.00 bits per heavy atom. The van der Waals surface area contributed by atoms with E-state index in [1.807, 2.05) is 18.2 Å². The molecule has 1 atom stereocenters. The predicted molar refractivity (Wildman–Crippen MR) is 80.6 cm³/mol. The summed E-state index contributed by atoms with van der Waals surface area (Å²) < 4.78 is 16.1. The van der Waals surface area contributed by atoms with Gasteiger partial charge in [-0.3, -0.25) is 4.79 Å². The molecule has 3 heterocycles. The van der Waals surface area contributed by atoms with Crippen molar-refractivity contribution in [3.05, 3.63) is 46.8 Å². The molecule has 2 aromatic rings. The normalized spacial score (nSPS) is 17.4. The van der Waals surface area contributed by atoms with Crippen LogP contribution in [-0.4, -0.2) is 24.5 Å². The van der Waals surface area contributed by atoms with Crippen molar-refractivity contribution in [1.29, 1.82) is 5.26 Å².